The van der Waals surface area contributed by atoms with Gasteiger partial charge in [0.05, 0.1) is 5.69 Å². The number of hydrogen-bond donors (Lipinski definition) is 0. The van der Waals surface area contributed by atoms with Crippen LogP contribution in [0.2, 0.25) is 0 Å². The molecule has 0 N–H and O–H groups in total. The van der Waals surface area contributed by atoms with E-state index in [-0.39, 0.29) is 12.2 Å². The fourth-order valence-electron chi connectivity index (χ4n) is 1.67. The number of nitrogens with zero attached hydrogens (tertiary/aromatic N) is 1. The highest BCUT2D eigenvalue weighted by Crippen LogP contribution is 2.25. The highest BCUT2D eigenvalue weighted by molar-refractivity contribution is 5.48. The van der Waals surface area contributed by atoms with E-state index in [1.165, 1.54) is 12.1 Å². The average Bonchev–Trinajstić information content (AvgIpc) is 2.51. The maximum atomic E-state index is 13.2. The van der Waals surface area contributed by atoms with Crippen molar-refractivity contribution in [2.75, 3.05) is 18.0 Å². The molecule has 1 aliphatic rings. The van der Waals surface area contributed by atoms with Gasteiger partial charge in [0.15, 0.2) is 0 Å². The van der Waals surface area contributed by atoms with Gasteiger partial charge in [-0.1, -0.05) is 0 Å². The molecule has 1 atom stereocenters. The van der Waals surface area contributed by atoms with Gasteiger partial charge in [0.25, 0.3) is 0 Å². The van der Waals surface area contributed by atoms with Gasteiger partial charge in [0, 0.05) is 19.2 Å². The van der Waals surface area contributed by atoms with Crippen LogP contribution in [0.3, 0.4) is 0 Å². The van der Waals surface area contributed by atoms with Gasteiger partial charge in [-0.05, 0) is 18.6 Å². The first-order chi connectivity index (χ1) is 6.66. The third-order valence-electron chi connectivity index (χ3n) is 2.38. The van der Waals surface area contributed by atoms with Crippen molar-refractivity contribution in [1.29, 1.82) is 0 Å². The lowest BCUT2D eigenvalue weighted by atomic mass is 10.3. The van der Waals surface area contributed by atoms with Crippen molar-refractivity contribution in [1.82, 2.24) is 0 Å². The Balaban J connectivity index is 2.24. The van der Waals surface area contributed by atoms with Crippen LogP contribution in [0.25, 0.3) is 0 Å². The zero-order chi connectivity index (χ0) is 10.1. The summed E-state index contributed by atoms with van der Waals surface area (Å²) in [7, 11) is 0. The molecule has 0 saturated carbocycles. The molecule has 0 aromatic heterocycles. The molecular formula is C10H10F3N. The molecule has 1 aliphatic heterocycles. The van der Waals surface area contributed by atoms with E-state index in [4.69, 9.17) is 0 Å². The SMILES string of the molecule is Fc1ccc(N2CCC(F)C2)c(F)c1. The zero-order valence-corrected chi connectivity index (χ0v) is 7.51. The maximum absolute atomic E-state index is 13.2. The van der Waals surface area contributed by atoms with E-state index in [0.717, 1.165) is 6.07 Å². The predicted molar refractivity (Wildman–Crippen MR) is 48.1 cm³/mol. The minimum absolute atomic E-state index is 0.197. The first-order valence-electron chi connectivity index (χ1n) is 4.51. The Morgan fingerprint density at radius 3 is 2.64 bits per heavy atom. The van der Waals surface area contributed by atoms with Gasteiger partial charge in [0.2, 0.25) is 0 Å². The Morgan fingerprint density at radius 2 is 2.07 bits per heavy atom. The smallest absolute Gasteiger partial charge is 0.149 e. The van der Waals surface area contributed by atoms with Crippen LogP contribution in [0.15, 0.2) is 18.2 Å². The molecule has 0 amide bonds. The second kappa shape index (κ2) is 3.52. The molecule has 0 radical (unpaired) electrons. The van der Waals surface area contributed by atoms with Crippen LogP contribution in [-0.2, 0) is 0 Å². The fraction of sp³-hybridized carbons (Fsp3) is 0.400. The third-order valence-corrected chi connectivity index (χ3v) is 2.38. The second-order valence-corrected chi connectivity index (χ2v) is 3.43. The first kappa shape index (κ1) is 9.37. The summed E-state index contributed by atoms with van der Waals surface area (Å²) < 4.78 is 38.6. The van der Waals surface area contributed by atoms with E-state index in [1.54, 1.807) is 4.90 Å². The molecule has 0 spiro atoms. The normalized spacial score (nSPS) is 21.6. The fourth-order valence-corrected chi connectivity index (χ4v) is 1.67. The van der Waals surface area contributed by atoms with Crippen molar-refractivity contribution in [3.63, 3.8) is 0 Å². The first-order valence-corrected chi connectivity index (χ1v) is 4.51. The largest absolute Gasteiger partial charge is 0.366 e. The van der Waals surface area contributed by atoms with E-state index in [9.17, 15) is 13.2 Å². The summed E-state index contributed by atoms with van der Waals surface area (Å²) in [5.41, 5.74) is 0.284. The maximum Gasteiger partial charge on any atom is 0.149 e. The molecule has 1 nitrogen and oxygen atoms in total. The summed E-state index contributed by atoms with van der Waals surface area (Å²) in [5, 5.41) is 0. The molecule has 0 aliphatic carbocycles. The number of halogens is 3. The summed E-state index contributed by atoms with van der Waals surface area (Å²) in [6.07, 6.45) is -0.490. The van der Waals surface area contributed by atoms with Crippen molar-refractivity contribution in [3.05, 3.63) is 29.8 Å². The van der Waals surface area contributed by atoms with E-state index in [2.05, 4.69) is 0 Å². The highest BCUT2D eigenvalue weighted by Gasteiger charge is 2.23. The van der Waals surface area contributed by atoms with Gasteiger partial charge in [-0.25, -0.2) is 13.2 Å². The van der Waals surface area contributed by atoms with Gasteiger partial charge in [0.1, 0.15) is 17.8 Å². The molecule has 76 valence electrons. The standard InChI is InChI=1S/C10H10F3N/c11-7-1-2-10(9(13)5-7)14-4-3-8(12)6-14/h1-2,5,8H,3-4,6H2. The van der Waals surface area contributed by atoms with Gasteiger partial charge in [-0.2, -0.15) is 0 Å². The van der Waals surface area contributed by atoms with Gasteiger partial charge >= 0.3 is 0 Å². The van der Waals surface area contributed by atoms with Crippen molar-refractivity contribution >= 4 is 5.69 Å². The summed E-state index contributed by atoms with van der Waals surface area (Å²) in [6, 6.07) is 3.35. The second-order valence-electron chi connectivity index (χ2n) is 3.43. The number of rotatable bonds is 1. The molecule has 1 aromatic carbocycles. The van der Waals surface area contributed by atoms with E-state index in [0.29, 0.717) is 13.0 Å². The topological polar surface area (TPSA) is 3.24 Å². The lowest BCUT2D eigenvalue weighted by Gasteiger charge is -2.17. The summed E-state index contributed by atoms with van der Waals surface area (Å²) in [4.78, 5) is 1.60. The Kier molecular flexibility index (Phi) is 2.35. The Hall–Kier alpha value is -1.19. The molecule has 4 heteroatoms. The number of anilines is 1. The number of benzene rings is 1. The molecule has 2 rings (SSSR count). The minimum Gasteiger partial charge on any atom is -0.366 e. The van der Waals surface area contributed by atoms with E-state index < -0.39 is 17.8 Å². The lowest BCUT2D eigenvalue weighted by Crippen LogP contribution is -2.21. The van der Waals surface area contributed by atoms with Crippen LogP contribution >= 0.6 is 0 Å². The highest BCUT2D eigenvalue weighted by atomic mass is 19.1. The molecule has 1 heterocycles. The van der Waals surface area contributed by atoms with Crippen molar-refractivity contribution in [3.8, 4) is 0 Å². The summed E-state index contributed by atoms with van der Waals surface area (Å²) in [6.45, 7) is 0.687. The van der Waals surface area contributed by atoms with Crippen LogP contribution < -0.4 is 4.90 Å². The van der Waals surface area contributed by atoms with Crippen LogP contribution in [0, 0.1) is 11.6 Å². The third kappa shape index (κ3) is 1.69. The Bertz CT molecular complexity index is 340. The molecule has 1 unspecified atom stereocenters. The molecule has 1 saturated heterocycles. The molecule has 1 aromatic rings. The number of hydrogen-bond acceptors (Lipinski definition) is 1. The molecular weight excluding hydrogens is 191 g/mol. The monoisotopic (exact) mass is 201 g/mol. The van der Waals surface area contributed by atoms with Crippen LogP contribution in [-0.4, -0.2) is 19.3 Å². The van der Waals surface area contributed by atoms with Crippen molar-refractivity contribution < 1.29 is 13.2 Å². The van der Waals surface area contributed by atoms with E-state index >= 15 is 0 Å². The molecule has 0 bridgehead atoms. The van der Waals surface area contributed by atoms with Crippen LogP contribution in [0.4, 0.5) is 18.9 Å². The quantitative estimate of drug-likeness (QED) is 0.674. The van der Waals surface area contributed by atoms with Crippen molar-refractivity contribution in [2.45, 2.75) is 12.6 Å². The lowest BCUT2D eigenvalue weighted by molar-refractivity contribution is 0.364. The molecule has 1 fully saturated rings. The van der Waals surface area contributed by atoms with Gasteiger partial charge < -0.3 is 4.90 Å². The Morgan fingerprint density at radius 1 is 1.29 bits per heavy atom. The summed E-state index contributed by atoms with van der Waals surface area (Å²) in [5.74, 6) is -1.23. The average molecular weight is 201 g/mol. The van der Waals surface area contributed by atoms with Crippen LogP contribution in [0.5, 0.6) is 0 Å². The van der Waals surface area contributed by atoms with Gasteiger partial charge in [-0.15, -0.1) is 0 Å². The number of alkyl halides is 1. The minimum atomic E-state index is -0.903. The van der Waals surface area contributed by atoms with Crippen LogP contribution in [0.1, 0.15) is 6.42 Å². The zero-order valence-electron chi connectivity index (χ0n) is 7.51. The van der Waals surface area contributed by atoms with Gasteiger partial charge in [-0.3, -0.25) is 0 Å². The summed E-state index contributed by atoms with van der Waals surface area (Å²) >= 11 is 0. The Labute approximate surface area is 80.1 Å². The van der Waals surface area contributed by atoms with E-state index in [1.807, 2.05) is 0 Å². The van der Waals surface area contributed by atoms with Crippen molar-refractivity contribution in [2.24, 2.45) is 0 Å². The molecule has 14 heavy (non-hydrogen) atoms. The predicted octanol–water partition coefficient (Wildman–Crippen LogP) is 2.51.